The van der Waals surface area contributed by atoms with Gasteiger partial charge >= 0.3 is 0 Å². The van der Waals surface area contributed by atoms with Gasteiger partial charge in [-0.15, -0.1) is 0 Å². The van der Waals surface area contributed by atoms with E-state index in [1.54, 1.807) is 6.20 Å². The lowest BCUT2D eigenvalue weighted by atomic mass is 9.91. The Balaban J connectivity index is 2.34. The maximum Gasteiger partial charge on any atom is 0.0771 e. The zero-order chi connectivity index (χ0) is 10.9. The molecule has 0 aliphatic heterocycles. The summed E-state index contributed by atoms with van der Waals surface area (Å²) < 4.78 is 0. The van der Waals surface area contributed by atoms with Crippen molar-refractivity contribution in [1.82, 2.24) is 9.88 Å². The van der Waals surface area contributed by atoms with Gasteiger partial charge in [-0.1, -0.05) is 6.07 Å². The van der Waals surface area contributed by atoms with E-state index >= 15 is 0 Å². The molecule has 0 bridgehead atoms. The molecule has 3 nitrogen and oxygen atoms in total. The van der Waals surface area contributed by atoms with Crippen molar-refractivity contribution >= 4 is 0 Å². The predicted octanol–water partition coefficient (Wildman–Crippen LogP) is 1.99. The third-order valence-electron chi connectivity index (χ3n) is 3.05. The number of nitrogens with zero attached hydrogens (tertiary/aromatic N) is 3. The van der Waals surface area contributed by atoms with Crippen LogP contribution < -0.4 is 0 Å². The smallest absolute Gasteiger partial charge is 0.0771 e. The van der Waals surface area contributed by atoms with E-state index < -0.39 is 0 Å². The summed E-state index contributed by atoms with van der Waals surface area (Å²) in [6.45, 7) is 0. The van der Waals surface area contributed by atoms with Crippen LogP contribution in [0, 0.1) is 16.7 Å². The van der Waals surface area contributed by atoms with Crippen LogP contribution in [0.1, 0.15) is 24.4 Å². The molecular weight excluding hydrogens is 186 g/mol. The van der Waals surface area contributed by atoms with Crippen molar-refractivity contribution in [3.8, 4) is 6.07 Å². The van der Waals surface area contributed by atoms with Gasteiger partial charge in [-0.3, -0.25) is 4.98 Å². The van der Waals surface area contributed by atoms with Gasteiger partial charge in [0, 0.05) is 12.4 Å². The SMILES string of the molecule is CN(C)C(c1cccnc1)C1(C#N)CC1. The van der Waals surface area contributed by atoms with E-state index in [1.807, 2.05) is 26.4 Å². The Labute approximate surface area is 90.4 Å². The van der Waals surface area contributed by atoms with Crippen LogP contribution in [-0.4, -0.2) is 24.0 Å². The molecule has 1 heterocycles. The molecule has 1 fully saturated rings. The molecule has 1 aliphatic rings. The zero-order valence-corrected chi connectivity index (χ0v) is 9.14. The van der Waals surface area contributed by atoms with E-state index in [1.165, 1.54) is 0 Å². The van der Waals surface area contributed by atoms with Crippen LogP contribution in [0.4, 0.5) is 0 Å². The molecule has 1 aromatic rings. The van der Waals surface area contributed by atoms with Crippen LogP contribution in [0.25, 0.3) is 0 Å². The molecule has 2 rings (SSSR count). The summed E-state index contributed by atoms with van der Waals surface area (Å²) in [4.78, 5) is 6.25. The normalized spacial score (nSPS) is 19.6. The fourth-order valence-corrected chi connectivity index (χ4v) is 2.23. The van der Waals surface area contributed by atoms with Crippen molar-refractivity contribution in [2.45, 2.75) is 18.9 Å². The third-order valence-corrected chi connectivity index (χ3v) is 3.05. The largest absolute Gasteiger partial charge is 0.301 e. The number of rotatable bonds is 3. The Bertz CT molecular complexity index is 374. The van der Waals surface area contributed by atoms with E-state index in [2.05, 4.69) is 22.0 Å². The molecule has 1 unspecified atom stereocenters. The minimum absolute atomic E-state index is 0.174. The highest BCUT2D eigenvalue weighted by Crippen LogP contribution is 2.56. The highest BCUT2D eigenvalue weighted by atomic mass is 15.1. The van der Waals surface area contributed by atoms with Gasteiger partial charge < -0.3 is 4.90 Å². The van der Waals surface area contributed by atoms with Crippen molar-refractivity contribution in [1.29, 1.82) is 5.26 Å². The molecule has 1 aromatic heterocycles. The maximum absolute atomic E-state index is 9.24. The van der Waals surface area contributed by atoms with Crippen LogP contribution in [0.3, 0.4) is 0 Å². The monoisotopic (exact) mass is 201 g/mol. The number of hydrogen-bond acceptors (Lipinski definition) is 3. The van der Waals surface area contributed by atoms with Gasteiger partial charge in [-0.2, -0.15) is 5.26 Å². The molecule has 0 saturated heterocycles. The topological polar surface area (TPSA) is 39.9 Å². The first-order valence-electron chi connectivity index (χ1n) is 5.17. The second kappa shape index (κ2) is 3.63. The van der Waals surface area contributed by atoms with E-state index in [0.29, 0.717) is 0 Å². The average Bonchev–Trinajstić information content (AvgIpc) is 3.00. The van der Waals surface area contributed by atoms with Gasteiger partial charge in [0.15, 0.2) is 0 Å². The molecule has 0 aromatic carbocycles. The van der Waals surface area contributed by atoms with Gasteiger partial charge in [-0.05, 0) is 38.6 Å². The molecule has 0 radical (unpaired) electrons. The molecular formula is C12H15N3. The maximum atomic E-state index is 9.24. The van der Waals surface area contributed by atoms with Crippen molar-refractivity contribution in [2.75, 3.05) is 14.1 Å². The van der Waals surface area contributed by atoms with Crippen LogP contribution in [0.2, 0.25) is 0 Å². The highest BCUT2D eigenvalue weighted by Gasteiger charge is 2.51. The molecule has 1 aliphatic carbocycles. The Kier molecular flexibility index (Phi) is 2.45. The van der Waals surface area contributed by atoms with Gasteiger partial charge in [0.1, 0.15) is 0 Å². The molecule has 1 atom stereocenters. The van der Waals surface area contributed by atoms with Crippen LogP contribution in [0.5, 0.6) is 0 Å². The minimum Gasteiger partial charge on any atom is -0.301 e. The lowest BCUT2D eigenvalue weighted by Crippen LogP contribution is -2.27. The summed E-state index contributed by atoms with van der Waals surface area (Å²) in [6, 6.07) is 6.62. The lowest BCUT2D eigenvalue weighted by molar-refractivity contribution is 0.231. The first kappa shape index (κ1) is 10.1. The number of pyridine rings is 1. The first-order valence-corrected chi connectivity index (χ1v) is 5.17. The second-order valence-corrected chi connectivity index (χ2v) is 4.42. The highest BCUT2D eigenvalue weighted by molar-refractivity contribution is 5.26. The van der Waals surface area contributed by atoms with Crippen LogP contribution in [-0.2, 0) is 0 Å². The molecule has 78 valence electrons. The fourth-order valence-electron chi connectivity index (χ4n) is 2.23. The van der Waals surface area contributed by atoms with Crippen molar-refractivity contribution < 1.29 is 0 Å². The summed E-state index contributed by atoms with van der Waals surface area (Å²) in [5.74, 6) is 0. The molecule has 0 spiro atoms. The summed E-state index contributed by atoms with van der Waals surface area (Å²) in [7, 11) is 4.05. The Morgan fingerprint density at radius 2 is 2.27 bits per heavy atom. The van der Waals surface area contributed by atoms with Crippen LogP contribution in [0.15, 0.2) is 24.5 Å². The number of aromatic nitrogens is 1. The van der Waals surface area contributed by atoms with E-state index in [9.17, 15) is 5.26 Å². The van der Waals surface area contributed by atoms with Crippen molar-refractivity contribution in [2.24, 2.45) is 5.41 Å². The van der Waals surface area contributed by atoms with E-state index in [-0.39, 0.29) is 11.5 Å². The fraction of sp³-hybridized carbons (Fsp3) is 0.500. The molecule has 0 N–H and O–H groups in total. The van der Waals surface area contributed by atoms with Gasteiger partial charge in [0.25, 0.3) is 0 Å². The summed E-state index contributed by atoms with van der Waals surface area (Å²) >= 11 is 0. The second-order valence-electron chi connectivity index (χ2n) is 4.42. The first-order chi connectivity index (χ1) is 7.19. The Morgan fingerprint density at radius 1 is 1.53 bits per heavy atom. The molecule has 1 saturated carbocycles. The summed E-state index contributed by atoms with van der Waals surface area (Å²) in [5, 5.41) is 9.24. The number of hydrogen-bond donors (Lipinski definition) is 0. The third kappa shape index (κ3) is 1.73. The zero-order valence-electron chi connectivity index (χ0n) is 9.14. The van der Waals surface area contributed by atoms with Crippen molar-refractivity contribution in [3.05, 3.63) is 30.1 Å². The number of nitriles is 1. The Morgan fingerprint density at radius 3 is 2.67 bits per heavy atom. The summed E-state index contributed by atoms with van der Waals surface area (Å²) in [6.07, 6.45) is 5.63. The van der Waals surface area contributed by atoms with E-state index in [0.717, 1.165) is 18.4 Å². The lowest BCUT2D eigenvalue weighted by Gasteiger charge is -2.28. The predicted molar refractivity (Wildman–Crippen MR) is 57.9 cm³/mol. The minimum atomic E-state index is -0.174. The van der Waals surface area contributed by atoms with Gasteiger partial charge in [0.2, 0.25) is 0 Å². The standard InChI is InChI=1S/C12H15N3/c1-15(2)11(12(9-13)5-6-12)10-4-3-7-14-8-10/h3-4,7-8,11H,5-6H2,1-2H3. The molecule has 0 amide bonds. The average molecular weight is 201 g/mol. The van der Waals surface area contributed by atoms with Gasteiger partial charge in [0.05, 0.1) is 17.5 Å². The van der Waals surface area contributed by atoms with Gasteiger partial charge in [-0.25, -0.2) is 0 Å². The van der Waals surface area contributed by atoms with Crippen molar-refractivity contribution in [3.63, 3.8) is 0 Å². The Hall–Kier alpha value is -1.40. The van der Waals surface area contributed by atoms with Crippen LogP contribution >= 0.6 is 0 Å². The quantitative estimate of drug-likeness (QED) is 0.750. The summed E-state index contributed by atoms with van der Waals surface area (Å²) in [5.41, 5.74) is 0.966. The molecule has 15 heavy (non-hydrogen) atoms. The van der Waals surface area contributed by atoms with E-state index in [4.69, 9.17) is 0 Å². The molecule has 3 heteroatoms.